The molecule has 1 aromatic rings. The van der Waals surface area contributed by atoms with Gasteiger partial charge in [-0.15, -0.1) is 0 Å². The first-order chi connectivity index (χ1) is 10.6. The minimum Gasteiger partial charge on any atom is -0.541 e. The molecular weight excluding hydrogens is 310 g/mol. The summed E-state index contributed by atoms with van der Waals surface area (Å²) in [5.41, 5.74) is 9.20. The van der Waals surface area contributed by atoms with Crippen LogP contribution in [-0.4, -0.2) is 33.2 Å². The predicted molar refractivity (Wildman–Crippen MR) is 94.5 cm³/mol. The number of aliphatic hydroxyl groups is 1. The summed E-state index contributed by atoms with van der Waals surface area (Å²) in [6.07, 6.45) is -0.307. The quantitative estimate of drug-likeness (QED) is 0.348. The van der Waals surface area contributed by atoms with Crippen molar-refractivity contribution in [2.24, 2.45) is 5.11 Å². The monoisotopic (exact) mass is 337 g/mol. The van der Waals surface area contributed by atoms with Crippen LogP contribution in [-0.2, 0) is 6.42 Å². The molecule has 1 aromatic carbocycles. The number of methoxy groups -OCH3 is 1. The predicted octanol–water partition coefficient (Wildman–Crippen LogP) is 4.29. The van der Waals surface area contributed by atoms with Crippen LogP contribution in [0.25, 0.3) is 10.4 Å². The summed E-state index contributed by atoms with van der Waals surface area (Å²) in [4.78, 5) is 2.65. The lowest BCUT2D eigenvalue weighted by atomic mass is 10.1. The van der Waals surface area contributed by atoms with Crippen LogP contribution in [0.2, 0.25) is 18.1 Å². The maximum Gasteiger partial charge on any atom is 0.250 e. The van der Waals surface area contributed by atoms with Crippen molar-refractivity contribution in [2.45, 2.75) is 51.4 Å². The number of azide groups is 1. The van der Waals surface area contributed by atoms with E-state index in [-0.39, 0.29) is 11.6 Å². The van der Waals surface area contributed by atoms with Crippen molar-refractivity contribution in [2.75, 3.05) is 13.7 Å². The molecule has 0 aliphatic carbocycles. The Morgan fingerprint density at radius 2 is 1.96 bits per heavy atom. The van der Waals surface area contributed by atoms with E-state index >= 15 is 0 Å². The highest BCUT2D eigenvalue weighted by Gasteiger charge is 2.39. The Morgan fingerprint density at radius 3 is 2.48 bits per heavy atom. The lowest BCUT2D eigenvalue weighted by molar-refractivity contribution is 0.183. The fourth-order valence-corrected chi connectivity index (χ4v) is 2.84. The Labute approximate surface area is 139 Å². The van der Waals surface area contributed by atoms with Gasteiger partial charge in [-0.25, -0.2) is 0 Å². The Hall–Kier alpha value is -1.69. The first kappa shape index (κ1) is 19.4. The van der Waals surface area contributed by atoms with Crippen LogP contribution in [0.1, 0.15) is 26.3 Å². The maximum atomic E-state index is 9.83. The van der Waals surface area contributed by atoms with Crippen LogP contribution >= 0.6 is 0 Å². The molecule has 0 unspecified atom stereocenters. The highest BCUT2D eigenvalue weighted by molar-refractivity contribution is 6.74. The number of ether oxygens (including phenoxy) is 1. The Bertz CT molecular complexity index is 578. The van der Waals surface area contributed by atoms with Gasteiger partial charge in [-0.1, -0.05) is 32.0 Å². The molecule has 0 bridgehead atoms. The van der Waals surface area contributed by atoms with Gasteiger partial charge in [0.1, 0.15) is 5.75 Å². The minimum atomic E-state index is -1.94. The van der Waals surface area contributed by atoms with Crippen LogP contribution in [0, 0.1) is 0 Å². The molecular formula is C16H27N3O3Si. The normalized spacial score (nSPS) is 13.2. The fourth-order valence-electron chi connectivity index (χ4n) is 1.82. The molecule has 0 aromatic heterocycles. The van der Waals surface area contributed by atoms with Gasteiger partial charge in [-0.2, -0.15) is 0 Å². The molecule has 0 saturated carbocycles. The third-order valence-corrected chi connectivity index (χ3v) is 8.57. The number of aliphatic hydroxyl groups excluding tert-OH is 1. The van der Waals surface area contributed by atoms with Gasteiger partial charge in [-0.05, 0) is 47.8 Å². The molecule has 0 saturated heterocycles. The second-order valence-corrected chi connectivity index (χ2v) is 11.8. The Morgan fingerprint density at radius 1 is 1.30 bits per heavy atom. The largest absolute Gasteiger partial charge is 0.541 e. The molecule has 128 valence electrons. The summed E-state index contributed by atoms with van der Waals surface area (Å²) >= 11 is 0. The summed E-state index contributed by atoms with van der Waals surface area (Å²) in [7, 11) is -0.340. The molecule has 0 fully saturated rings. The maximum absolute atomic E-state index is 9.83. The van der Waals surface area contributed by atoms with Crippen LogP contribution in [0.3, 0.4) is 0 Å². The highest BCUT2D eigenvalue weighted by Crippen LogP contribution is 2.40. The number of benzene rings is 1. The first-order valence-corrected chi connectivity index (χ1v) is 10.6. The van der Waals surface area contributed by atoms with Gasteiger partial charge in [0.2, 0.25) is 0 Å². The average Bonchev–Trinajstić information content (AvgIpc) is 2.45. The second kappa shape index (κ2) is 7.72. The van der Waals surface area contributed by atoms with E-state index in [0.717, 1.165) is 11.3 Å². The molecule has 0 aliphatic heterocycles. The number of hydrogen-bond acceptors (Lipinski definition) is 4. The van der Waals surface area contributed by atoms with Gasteiger partial charge in [0, 0.05) is 4.91 Å². The van der Waals surface area contributed by atoms with E-state index < -0.39 is 14.4 Å². The van der Waals surface area contributed by atoms with Crippen molar-refractivity contribution < 1.29 is 14.3 Å². The minimum absolute atomic E-state index is 0.0566. The van der Waals surface area contributed by atoms with E-state index in [2.05, 4.69) is 43.9 Å². The smallest absolute Gasteiger partial charge is 0.250 e. The van der Waals surface area contributed by atoms with Gasteiger partial charge < -0.3 is 14.3 Å². The zero-order valence-corrected chi connectivity index (χ0v) is 15.8. The number of rotatable bonds is 7. The molecule has 1 atom stereocenters. The first-order valence-electron chi connectivity index (χ1n) is 7.65. The van der Waals surface area contributed by atoms with Crippen LogP contribution in [0.4, 0.5) is 0 Å². The number of hydrogen-bond donors (Lipinski definition) is 1. The van der Waals surface area contributed by atoms with Crippen LogP contribution in [0.15, 0.2) is 23.3 Å². The van der Waals surface area contributed by atoms with Crippen molar-refractivity contribution >= 4 is 8.32 Å². The standard InChI is InChI=1S/C16H27N3O3Si/c1-16(2,3)23(5,6)22-14-8-7-12(10-15(14)21-4)9-13(20)11-18-19-17/h7-8,10,13,20H,9,11H2,1-6H3/t13-/m0/s1. The van der Waals surface area contributed by atoms with E-state index in [4.69, 9.17) is 14.7 Å². The Balaban J connectivity index is 2.94. The third kappa shape index (κ3) is 5.46. The van der Waals surface area contributed by atoms with E-state index in [1.165, 1.54) is 0 Å². The molecule has 0 amide bonds. The van der Waals surface area contributed by atoms with E-state index in [1.54, 1.807) is 7.11 Å². The molecule has 0 spiro atoms. The summed E-state index contributed by atoms with van der Waals surface area (Å²) in [6, 6.07) is 5.65. The molecule has 0 heterocycles. The molecule has 7 heteroatoms. The van der Waals surface area contributed by atoms with Crippen molar-refractivity contribution in [3.05, 3.63) is 34.2 Å². The zero-order chi connectivity index (χ0) is 17.7. The summed E-state index contributed by atoms with van der Waals surface area (Å²) in [5, 5.41) is 13.3. The van der Waals surface area contributed by atoms with Crippen molar-refractivity contribution in [1.29, 1.82) is 0 Å². The lowest BCUT2D eigenvalue weighted by Gasteiger charge is -2.36. The SMILES string of the molecule is COc1cc(C[C@H](O)CN=[N+]=[N-])ccc1O[Si](C)(C)C(C)(C)C. The highest BCUT2D eigenvalue weighted by atomic mass is 28.4. The Kier molecular flexibility index (Phi) is 6.50. The average molecular weight is 337 g/mol. The van der Waals surface area contributed by atoms with Crippen LogP contribution in [0.5, 0.6) is 11.5 Å². The molecule has 23 heavy (non-hydrogen) atoms. The topological polar surface area (TPSA) is 87.5 Å². The summed E-state index contributed by atoms with van der Waals surface area (Å²) < 4.78 is 11.7. The van der Waals surface area contributed by atoms with Gasteiger partial charge in [0.25, 0.3) is 8.32 Å². The molecule has 1 N–H and O–H groups in total. The van der Waals surface area contributed by atoms with Crippen molar-refractivity contribution in [3.8, 4) is 11.5 Å². The van der Waals surface area contributed by atoms with E-state index in [9.17, 15) is 5.11 Å². The van der Waals surface area contributed by atoms with Gasteiger partial charge in [0.15, 0.2) is 5.75 Å². The lowest BCUT2D eigenvalue weighted by Crippen LogP contribution is -2.43. The molecule has 0 aliphatic rings. The molecule has 6 nitrogen and oxygen atoms in total. The third-order valence-electron chi connectivity index (χ3n) is 4.23. The fraction of sp³-hybridized carbons (Fsp3) is 0.625. The number of nitrogens with zero attached hydrogens (tertiary/aromatic N) is 3. The second-order valence-electron chi connectivity index (χ2n) is 7.12. The van der Waals surface area contributed by atoms with Gasteiger partial charge in [0.05, 0.1) is 19.8 Å². The zero-order valence-electron chi connectivity index (χ0n) is 14.8. The summed E-state index contributed by atoms with van der Waals surface area (Å²) in [6.45, 7) is 11.0. The van der Waals surface area contributed by atoms with E-state index in [0.29, 0.717) is 12.2 Å². The van der Waals surface area contributed by atoms with Gasteiger partial charge in [-0.3, -0.25) is 0 Å². The van der Waals surface area contributed by atoms with Crippen molar-refractivity contribution in [3.63, 3.8) is 0 Å². The van der Waals surface area contributed by atoms with Crippen LogP contribution < -0.4 is 9.16 Å². The molecule has 0 radical (unpaired) electrons. The van der Waals surface area contributed by atoms with Crippen molar-refractivity contribution in [1.82, 2.24) is 0 Å². The summed E-state index contributed by atoms with van der Waals surface area (Å²) in [5.74, 6) is 1.38. The van der Waals surface area contributed by atoms with Gasteiger partial charge >= 0.3 is 0 Å². The molecule has 1 rings (SSSR count). The van der Waals surface area contributed by atoms with E-state index in [1.807, 2.05) is 18.2 Å².